The summed E-state index contributed by atoms with van der Waals surface area (Å²) in [6, 6.07) is 3.80. The first kappa shape index (κ1) is 26.7. The molecule has 0 bridgehead atoms. The average molecular weight is 494 g/mol. The van der Waals surface area contributed by atoms with E-state index in [0.717, 1.165) is 25.7 Å². The summed E-state index contributed by atoms with van der Waals surface area (Å²) in [5.74, 6) is 0.846. The first-order valence-electron chi connectivity index (χ1n) is 14.0. The molecule has 5 nitrogen and oxygen atoms in total. The zero-order chi connectivity index (χ0) is 25.8. The Labute approximate surface area is 216 Å². The quantitative estimate of drug-likeness (QED) is 0.224. The second-order valence-electron chi connectivity index (χ2n) is 11.2. The number of aliphatic carboxylic acids is 1. The van der Waals surface area contributed by atoms with Gasteiger partial charge in [0.2, 0.25) is 0 Å². The standard InChI is InChI=1S/C31H43NO4/c1-5-21-13-16-25-24(21)15-14-23(28(25)29(33)26-11-8-18-32-26)10-7-9-22(6-2)30-19(3)12-17-27(36-30)20(4)31(34)35/h7-11,14-15,18-21,23-25,27-28,30,32H,5-6,12-13,16-17H2,1-4H3,(H,34,35). The molecule has 1 saturated carbocycles. The molecule has 5 heteroatoms. The Morgan fingerprint density at radius 2 is 2.00 bits per heavy atom. The number of aromatic nitrogens is 1. The molecular weight excluding hydrogens is 450 g/mol. The number of hydrogen-bond donors (Lipinski definition) is 2. The second kappa shape index (κ2) is 11.8. The molecule has 4 rings (SSSR count). The number of carbonyl (C=O) groups excluding carboxylic acids is 1. The third kappa shape index (κ3) is 5.46. The second-order valence-corrected chi connectivity index (χ2v) is 11.2. The highest BCUT2D eigenvalue weighted by Crippen LogP contribution is 2.49. The number of carboxylic acids is 1. The van der Waals surface area contributed by atoms with Crippen LogP contribution in [-0.4, -0.2) is 34.1 Å². The van der Waals surface area contributed by atoms with Crippen molar-refractivity contribution in [3.8, 4) is 0 Å². The van der Waals surface area contributed by atoms with Crippen LogP contribution in [0.1, 0.15) is 76.7 Å². The minimum absolute atomic E-state index is 0.0458. The SMILES string of the molecule is CCC(=CC=CC1C=CC2C(CC)CCC2C1C(=O)c1ccc[nH]1)C1OC(C(C)C(=O)O)CCC1C. The third-order valence-electron chi connectivity index (χ3n) is 9.14. The Kier molecular flexibility index (Phi) is 8.71. The highest BCUT2D eigenvalue weighted by Gasteiger charge is 2.45. The summed E-state index contributed by atoms with van der Waals surface area (Å²) in [6.07, 6.45) is 18.7. The van der Waals surface area contributed by atoms with Gasteiger partial charge in [0.25, 0.3) is 0 Å². The van der Waals surface area contributed by atoms with Crippen molar-refractivity contribution in [1.29, 1.82) is 0 Å². The van der Waals surface area contributed by atoms with Crippen LogP contribution in [0.25, 0.3) is 0 Å². The number of carbonyl (C=O) groups is 2. The maximum Gasteiger partial charge on any atom is 0.308 e. The van der Waals surface area contributed by atoms with Crippen molar-refractivity contribution in [2.75, 3.05) is 0 Å². The number of ketones is 1. The highest BCUT2D eigenvalue weighted by atomic mass is 16.5. The number of ether oxygens (including phenoxy) is 1. The van der Waals surface area contributed by atoms with Crippen LogP contribution < -0.4 is 0 Å². The lowest BCUT2D eigenvalue weighted by Crippen LogP contribution is -2.40. The Morgan fingerprint density at radius 3 is 2.67 bits per heavy atom. The topological polar surface area (TPSA) is 79.4 Å². The van der Waals surface area contributed by atoms with Crippen LogP contribution in [0.4, 0.5) is 0 Å². The molecule has 9 atom stereocenters. The maximum atomic E-state index is 13.6. The van der Waals surface area contributed by atoms with E-state index in [-0.39, 0.29) is 29.8 Å². The van der Waals surface area contributed by atoms with E-state index in [2.05, 4.69) is 56.1 Å². The molecular formula is C31H43NO4. The molecule has 2 fully saturated rings. The van der Waals surface area contributed by atoms with E-state index in [1.54, 1.807) is 6.92 Å². The first-order chi connectivity index (χ1) is 17.3. The van der Waals surface area contributed by atoms with E-state index < -0.39 is 11.9 Å². The van der Waals surface area contributed by atoms with Crippen molar-refractivity contribution in [3.05, 3.63) is 60.0 Å². The van der Waals surface area contributed by atoms with E-state index >= 15 is 0 Å². The molecule has 2 heterocycles. The number of hydrogen-bond acceptors (Lipinski definition) is 3. The number of rotatable bonds is 9. The molecule has 0 aromatic carbocycles. The molecule has 3 aliphatic rings. The predicted molar refractivity (Wildman–Crippen MR) is 143 cm³/mol. The normalized spacial score (nSPS) is 35.6. The van der Waals surface area contributed by atoms with E-state index in [0.29, 0.717) is 29.4 Å². The molecule has 2 aliphatic carbocycles. The predicted octanol–water partition coefficient (Wildman–Crippen LogP) is 6.85. The van der Waals surface area contributed by atoms with Gasteiger partial charge in [0.15, 0.2) is 5.78 Å². The van der Waals surface area contributed by atoms with Gasteiger partial charge in [0.1, 0.15) is 0 Å². The van der Waals surface area contributed by atoms with Crippen LogP contribution in [0.5, 0.6) is 0 Å². The molecule has 196 valence electrons. The summed E-state index contributed by atoms with van der Waals surface area (Å²) in [4.78, 5) is 28.3. The fourth-order valence-corrected chi connectivity index (χ4v) is 6.88. The van der Waals surface area contributed by atoms with Gasteiger partial charge in [-0.1, -0.05) is 57.6 Å². The maximum absolute atomic E-state index is 13.6. The van der Waals surface area contributed by atoms with Gasteiger partial charge in [0.05, 0.1) is 23.8 Å². The van der Waals surface area contributed by atoms with E-state index in [1.807, 2.05) is 18.3 Å². The van der Waals surface area contributed by atoms with Gasteiger partial charge in [-0.2, -0.15) is 0 Å². The van der Waals surface area contributed by atoms with E-state index in [9.17, 15) is 14.7 Å². The zero-order valence-electron chi connectivity index (χ0n) is 22.2. The zero-order valence-corrected chi connectivity index (χ0v) is 22.2. The lowest BCUT2D eigenvalue weighted by atomic mass is 9.68. The molecule has 9 unspecified atom stereocenters. The van der Waals surface area contributed by atoms with Gasteiger partial charge in [-0.15, -0.1) is 0 Å². The highest BCUT2D eigenvalue weighted by molar-refractivity contribution is 5.97. The number of fused-ring (bicyclic) bond motifs is 1. The van der Waals surface area contributed by atoms with Crippen LogP contribution in [0.2, 0.25) is 0 Å². The minimum atomic E-state index is -0.799. The summed E-state index contributed by atoms with van der Waals surface area (Å²) >= 11 is 0. The summed E-state index contributed by atoms with van der Waals surface area (Å²) in [5, 5.41) is 9.46. The van der Waals surface area contributed by atoms with Crippen molar-refractivity contribution in [2.24, 2.45) is 41.4 Å². The molecule has 1 aromatic heterocycles. The number of allylic oxidation sites excluding steroid dienone is 5. The van der Waals surface area contributed by atoms with Crippen molar-refractivity contribution in [2.45, 2.75) is 78.4 Å². The van der Waals surface area contributed by atoms with Crippen LogP contribution in [0.3, 0.4) is 0 Å². The minimum Gasteiger partial charge on any atom is -0.481 e. The van der Waals surface area contributed by atoms with Gasteiger partial charge >= 0.3 is 5.97 Å². The Balaban J connectivity index is 1.55. The molecule has 0 amide bonds. The summed E-state index contributed by atoms with van der Waals surface area (Å²) in [7, 11) is 0. The van der Waals surface area contributed by atoms with Crippen LogP contribution in [0.15, 0.2) is 54.3 Å². The van der Waals surface area contributed by atoms with Crippen LogP contribution in [0, 0.1) is 41.4 Å². The fourth-order valence-electron chi connectivity index (χ4n) is 6.88. The molecule has 1 aliphatic heterocycles. The van der Waals surface area contributed by atoms with E-state index in [4.69, 9.17) is 4.74 Å². The molecule has 36 heavy (non-hydrogen) atoms. The Bertz CT molecular complexity index is 990. The van der Waals surface area contributed by atoms with Crippen molar-refractivity contribution in [3.63, 3.8) is 0 Å². The van der Waals surface area contributed by atoms with Gasteiger partial charge in [-0.3, -0.25) is 9.59 Å². The van der Waals surface area contributed by atoms with Crippen LogP contribution >= 0.6 is 0 Å². The summed E-state index contributed by atoms with van der Waals surface area (Å²) < 4.78 is 6.35. The fraction of sp³-hybridized carbons (Fsp3) is 0.613. The lowest BCUT2D eigenvalue weighted by Gasteiger charge is -2.38. The number of Topliss-reactive ketones (excluding diaryl/α,β-unsaturated/α-hetero) is 1. The van der Waals surface area contributed by atoms with Gasteiger partial charge in [-0.05, 0) is 80.4 Å². The Morgan fingerprint density at radius 1 is 1.19 bits per heavy atom. The number of H-pyrrole nitrogens is 1. The van der Waals surface area contributed by atoms with Crippen LogP contribution in [-0.2, 0) is 9.53 Å². The van der Waals surface area contributed by atoms with Gasteiger partial charge in [0, 0.05) is 18.0 Å². The number of aromatic amines is 1. The van der Waals surface area contributed by atoms with Crippen molar-refractivity contribution in [1.82, 2.24) is 4.98 Å². The Hall–Kier alpha value is -2.40. The number of carboxylic acid groups (broad SMARTS) is 1. The van der Waals surface area contributed by atoms with Crippen molar-refractivity contribution < 1.29 is 19.4 Å². The first-order valence-corrected chi connectivity index (χ1v) is 14.0. The average Bonchev–Trinajstić information content (AvgIpc) is 3.56. The molecule has 1 saturated heterocycles. The molecule has 0 radical (unpaired) electrons. The summed E-state index contributed by atoms with van der Waals surface area (Å²) in [5.41, 5.74) is 1.90. The van der Waals surface area contributed by atoms with Gasteiger partial charge in [-0.25, -0.2) is 0 Å². The smallest absolute Gasteiger partial charge is 0.308 e. The monoisotopic (exact) mass is 493 g/mol. The number of nitrogens with one attached hydrogen (secondary N) is 1. The van der Waals surface area contributed by atoms with Crippen molar-refractivity contribution >= 4 is 11.8 Å². The largest absolute Gasteiger partial charge is 0.481 e. The van der Waals surface area contributed by atoms with E-state index in [1.165, 1.54) is 18.4 Å². The molecule has 1 aromatic rings. The molecule has 0 spiro atoms. The molecule has 2 N–H and O–H groups in total. The summed E-state index contributed by atoms with van der Waals surface area (Å²) in [6.45, 7) is 8.33. The lowest BCUT2D eigenvalue weighted by molar-refractivity contribution is -0.152. The third-order valence-corrected chi connectivity index (χ3v) is 9.14. The van der Waals surface area contributed by atoms with Gasteiger partial charge < -0.3 is 14.8 Å².